The van der Waals surface area contributed by atoms with Gasteiger partial charge in [-0.25, -0.2) is 8.78 Å². The number of aryl methyl sites for hydroxylation is 4. The Morgan fingerprint density at radius 1 is 0.250 bits per heavy atom. The van der Waals surface area contributed by atoms with Crippen LogP contribution in [0.4, 0.5) is 42.9 Å². The van der Waals surface area contributed by atoms with E-state index in [1.54, 1.807) is 12.1 Å². The second-order valence-corrected chi connectivity index (χ2v) is 21.4. The van der Waals surface area contributed by atoms with Gasteiger partial charge in [0.2, 0.25) is 0 Å². The van der Waals surface area contributed by atoms with Crippen LogP contribution in [-0.4, -0.2) is 0 Å². The molecular formula is C76H54F2N2. The van der Waals surface area contributed by atoms with Crippen LogP contribution in [0.25, 0.3) is 98.4 Å². The van der Waals surface area contributed by atoms with Crippen molar-refractivity contribution in [3.63, 3.8) is 0 Å². The van der Waals surface area contributed by atoms with Gasteiger partial charge in [0.1, 0.15) is 11.6 Å². The molecule has 0 aliphatic rings. The molecule has 2 nitrogen and oxygen atoms in total. The smallest absolute Gasteiger partial charge is 0.148 e. The second-order valence-electron chi connectivity index (χ2n) is 21.4. The van der Waals surface area contributed by atoms with Crippen LogP contribution >= 0.6 is 0 Å². The van der Waals surface area contributed by atoms with Gasteiger partial charge in [-0.3, -0.25) is 0 Å². The maximum Gasteiger partial charge on any atom is 0.148 e. The third-order valence-electron chi connectivity index (χ3n) is 16.1. The zero-order chi connectivity index (χ0) is 54.2. The van der Waals surface area contributed by atoms with E-state index in [2.05, 4.69) is 268 Å². The van der Waals surface area contributed by atoms with Crippen LogP contribution in [0.2, 0.25) is 0 Å². The van der Waals surface area contributed by atoms with Gasteiger partial charge in [0.15, 0.2) is 0 Å². The largest absolute Gasteiger partial charge is 0.306 e. The quantitative estimate of drug-likeness (QED) is 0.126. The average Bonchev–Trinajstić information content (AvgIpc) is 3.52. The summed E-state index contributed by atoms with van der Waals surface area (Å²) in [6.07, 6.45) is 0. The highest BCUT2D eigenvalue weighted by Crippen LogP contribution is 2.53. The van der Waals surface area contributed by atoms with Crippen molar-refractivity contribution < 1.29 is 8.78 Å². The lowest BCUT2D eigenvalue weighted by molar-refractivity contribution is 0.629. The Morgan fingerprint density at radius 3 is 1.00 bits per heavy atom. The number of fused-ring (bicyclic) bond motifs is 2. The van der Waals surface area contributed by atoms with Crippen LogP contribution in [0, 0.1) is 39.3 Å². The molecule has 382 valence electrons. The molecule has 0 N–H and O–H groups in total. The Labute approximate surface area is 465 Å². The highest BCUT2D eigenvalue weighted by atomic mass is 19.1. The monoisotopic (exact) mass is 1030 g/mol. The van der Waals surface area contributed by atoms with E-state index >= 15 is 8.78 Å². The van der Waals surface area contributed by atoms with E-state index < -0.39 is 0 Å². The first kappa shape index (κ1) is 48.5. The van der Waals surface area contributed by atoms with E-state index in [0.717, 1.165) is 143 Å². The van der Waals surface area contributed by atoms with Crippen LogP contribution in [0.15, 0.2) is 255 Å². The molecule has 0 saturated carbocycles. The molecule has 0 radical (unpaired) electrons. The summed E-state index contributed by atoms with van der Waals surface area (Å²) in [5.74, 6) is -0.681. The molecule has 0 spiro atoms. The van der Waals surface area contributed by atoms with Crippen LogP contribution in [0.1, 0.15) is 22.3 Å². The highest BCUT2D eigenvalue weighted by molar-refractivity contribution is 6.29. The number of hydrogen-bond acceptors (Lipinski definition) is 2. The highest BCUT2D eigenvalue weighted by Gasteiger charge is 2.30. The molecule has 14 aromatic carbocycles. The van der Waals surface area contributed by atoms with Crippen molar-refractivity contribution in [3.8, 4) is 44.5 Å². The first-order chi connectivity index (χ1) is 39.1. The molecule has 0 saturated heterocycles. The van der Waals surface area contributed by atoms with Crippen molar-refractivity contribution in [2.24, 2.45) is 0 Å². The molecule has 0 atom stereocenters. The first-order valence-corrected chi connectivity index (χ1v) is 27.3. The topological polar surface area (TPSA) is 6.48 Å². The number of nitrogens with zero attached hydrogens (tertiary/aromatic N) is 2. The third kappa shape index (κ3) is 8.31. The fraction of sp³-hybridized carbons (Fsp3) is 0.0526. The van der Waals surface area contributed by atoms with E-state index in [1.807, 2.05) is 12.1 Å². The molecule has 0 fully saturated rings. The Kier molecular flexibility index (Phi) is 11.8. The van der Waals surface area contributed by atoms with Gasteiger partial charge in [0, 0.05) is 32.7 Å². The molecule has 0 aliphatic carbocycles. The summed E-state index contributed by atoms with van der Waals surface area (Å²) < 4.78 is 36.7. The molecule has 14 aromatic rings. The van der Waals surface area contributed by atoms with Crippen LogP contribution in [0.5, 0.6) is 0 Å². The first-order valence-electron chi connectivity index (χ1n) is 27.3. The standard InChI is InChI=1S/C76H54F2N2/c1-47-15-9-23-55(39-47)59-43-65(57-25-11-17-49(3)41-57)75(67(77)45-59)79(69-29-13-21-51-19-5-7-27-61(51)69)71-37-33-53-32-36-64-72(38-34-54-31-35-63(71)73(53)74(54)64)80(70-30-14-22-52-20-6-8-28-62(52)70)76-66(58-26-12-18-50(4)42-58)44-60(46-68(76)78)56-24-10-16-48(2)40-56/h5-46H,1-4H3. The molecule has 4 heteroatoms. The average molecular weight is 1030 g/mol. The van der Waals surface area contributed by atoms with Gasteiger partial charge in [0.05, 0.1) is 34.1 Å². The SMILES string of the molecule is Cc1cccc(-c2cc(F)c(N(c3cccc4ccccc34)c3ccc4ccc5c(N(c6c(F)cc(-c7cccc(C)c7)cc6-c6cccc(C)c6)c6cccc7ccccc67)ccc6ccc3c4c65)c(-c3cccc(C)c3)c2)c1. The minimum absolute atomic E-state index is 0.341. The molecule has 0 aliphatic heterocycles. The number of benzene rings is 14. The number of anilines is 6. The van der Waals surface area contributed by atoms with Crippen LogP contribution in [0.3, 0.4) is 0 Å². The van der Waals surface area contributed by atoms with Crippen molar-refractivity contribution in [1.82, 2.24) is 0 Å². The van der Waals surface area contributed by atoms with E-state index in [-0.39, 0.29) is 11.6 Å². The normalized spacial score (nSPS) is 11.6. The van der Waals surface area contributed by atoms with Gasteiger partial charge >= 0.3 is 0 Å². The maximum atomic E-state index is 18.3. The lowest BCUT2D eigenvalue weighted by atomic mass is 9.90. The Morgan fingerprint density at radius 2 is 0.588 bits per heavy atom. The fourth-order valence-corrected chi connectivity index (χ4v) is 12.4. The Balaban J connectivity index is 1.07. The maximum absolute atomic E-state index is 18.3. The predicted octanol–water partition coefficient (Wildman–Crippen LogP) is 22.0. The molecule has 0 bridgehead atoms. The van der Waals surface area contributed by atoms with Crippen LogP contribution < -0.4 is 9.80 Å². The molecule has 0 amide bonds. The number of halogens is 2. The molecule has 80 heavy (non-hydrogen) atoms. The summed E-state index contributed by atoms with van der Waals surface area (Å²) in [7, 11) is 0. The van der Waals surface area contributed by atoms with Gasteiger partial charge in [-0.1, -0.05) is 229 Å². The summed E-state index contributed by atoms with van der Waals surface area (Å²) in [5.41, 5.74) is 15.5. The van der Waals surface area contributed by atoms with Gasteiger partial charge in [-0.2, -0.15) is 0 Å². The summed E-state index contributed by atoms with van der Waals surface area (Å²) >= 11 is 0. The van der Waals surface area contributed by atoms with Crippen molar-refractivity contribution in [2.75, 3.05) is 9.80 Å². The van der Waals surface area contributed by atoms with Crippen molar-refractivity contribution >= 4 is 88.0 Å². The summed E-state index contributed by atoms with van der Waals surface area (Å²) in [6, 6.07) is 87.7. The minimum Gasteiger partial charge on any atom is -0.306 e. The Bertz CT molecular complexity index is 4450. The van der Waals surface area contributed by atoms with Crippen molar-refractivity contribution in [3.05, 3.63) is 289 Å². The molecule has 14 rings (SSSR count). The Hall–Kier alpha value is -9.90. The zero-order valence-corrected chi connectivity index (χ0v) is 44.9. The van der Waals surface area contributed by atoms with Gasteiger partial charge in [-0.15, -0.1) is 0 Å². The summed E-state index contributed by atoms with van der Waals surface area (Å²) in [4.78, 5) is 4.31. The van der Waals surface area contributed by atoms with Crippen LogP contribution in [-0.2, 0) is 0 Å². The summed E-state index contributed by atoms with van der Waals surface area (Å²) in [5, 5.41) is 10.1. The predicted molar refractivity (Wildman–Crippen MR) is 335 cm³/mol. The van der Waals surface area contributed by atoms with E-state index in [4.69, 9.17) is 0 Å². The molecule has 0 aromatic heterocycles. The second kappa shape index (κ2) is 19.5. The minimum atomic E-state index is -0.341. The lowest BCUT2D eigenvalue weighted by Gasteiger charge is -2.32. The van der Waals surface area contributed by atoms with E-state index in [1.165, 1.54) is 0 Å². The zero-order valence-electron chi connectivity index (χ0n) is 44.9. The van der Waals surface area contributed by atoms with Gasteiger partial charge in [0.25, 0.3) is 0 Å². The number of hydrogen-bond donors (Lipinski definition) is 0. The fourth-order valence-electron chi connectivity index (χ4n) is 12.4. The number of rotatable bonds is 10. The van der Waals surface area contributed by atoms with E-state index in [9.17, 15) is 0 Å². The van der Waals surface area contributed by atoms with Gasteiger partial charge < -0.3 is 9.80 Å². The lowest BCUT2D eigenvalue weighted by Crippen LogP contribution is -2.15. The van der Waals surface area contributed by atoms with Crippen molar-refractivity contribution in [1.29, 1.82) is 0 Å². The van der Waals surface area contributed by atoms with Gasteiger partial charge in [-0.05, 0) is 142 Å². The van der Waals surface area contributed by atoms with Crippen molar-refractivity contribution in [2.45, 2.75) is 27.7 Å². The van der Waals surface area contributed by atoms with E-state index in [0.29, 0.717) is 11.4 Å². The summed E-state index contributed by atoms with van der Waals surface area (Å²) in [6.45, 7) is 8.31. The molecular weight excluding hydrogens is 979 g/mol. The molecule has 0 unspecified atom stereocenters. The molecule has 0 heterocycles. The third-order valence-corrected chi connectivity index (χ3v) is 16.1.